The number of rotatable bonds is 5. The molecule has 0 spiro atoms. The molecule has 5 heteroatoms. The number of hydrogen-bond donors (Lipinski definition) is 0. The maximum Gasteiger partial charge on any atom is 0.220 e. The molecule has 2 aromatic carbocycles. The molecule has 0 radical (unpaired) electrons. The van der Waals surface area contributed by atoms with Crippen molar-refractivity contribution in [1.82, 2.24) is 9.88 Å². The molecule has 4 nitrogen and oxygen atoms in total. The molecule has 0 saturated heterocycles. The monoisotopic (exact) mass is 368 g/mol. The molecule has 0 aliphatic heterocycles. The summed E-state index contributed by atoms with van der Waals surface area (Å²) in [6.45, 7) is 4.52. The Morgan fingerprint density at radius 3 is 2.50 bits per heavy atom. The second kappa shape index (κ2) is 7.75. The van der Waals surface area contributed by atoms with Gasteiger partial charge in [-0.05, 0) is 42.8 Å². The second-order valence-corrected chi connectivity index (χ2v) is 6.72. The zero-order valence-corrected chi connectivity index (χ0v) is 15.9. The van der Waals surface area contributed by atoms with E-state index in [-0.39, 0.29) is 5.91 Å². The molecule has 0 saturated carbocycles. The van der Waals surface area contributed by atoms with Crippen molar-refractivity contribution in [2.45, 2.75) is 26.9 Å². The number of carbonyl (C=O) groups is 1. The molecule has 0 aliphatic carbocycles. The first-order valence-corrected chi connectivity index (χ1v) is 8.78. The van der Waals surface area contributed by atoms with E-state index in [2.05, 4.69) is 11.1 Å². The number of pyridine rings is 1. The molecule has 0 atom stereocenters. The van der Waals surface area contributed by atoms with Crippen LogP contribution >= 0.6 is 11.6 Å². The molecule has 134 valence electrons. The number of aromatic nitrogens is 1. The molecule has 3 aromatic rings. The molecule has 26 heavy (non-hydrogen) atoms. The van der Waals surface area contributed by atoms with E-state index in [0.29, 0.717) is 18.2 Å². The van der Waals surface area contributed by atoms with Gasteiger partial charge in [-0.1, -0.05) is 35.4 Å². The van der Waals surface area contributed by atoms with Crippen LogP contribution in [0.3, 0.4) is 0 Å². The van der Waals surface area contributed by atoms with Crippen LogP contribution in [-0.4, -0.2) is 22.9 Å². The van der Waals surface area contributed by atoms with E-state index >= 15 is 0 Å². The highest BCUT2D eigenvalue weighted by molar-refractivity contribution is 6.30. The van der Waals surface area contributed by atoms with Crippen molar-refractivity contribution in [1.29, 1.82) is 0 Å². The second-order valence-electron chi connectivity index (χ2n) is 6.36. The fourth-order valence-corrected chi connectivity index (χ4v) is 3.07. The zero-order valence-electron chi connectivity index (χ0n) is 15.1. The average Bonchev–Trinajstić information content (AvgIpc) is 2.62. The Morgan fingerprint density at radius 2 is 1.85 bits per heavy atom. The highest BCUT2D eigenvalue weighted by atomic mass is 35.5. The lowest BCUT2D eigenvalue weighted by atomic mass is 10.1. The third-order valence-corrected chi connectivity index (χ3v) is 4.66. The van der Waals surface area contributed by atoms with E-state index < -0.39 is 0 Å². The van der Waals surface area contributed by atoms with Gasteiger partial charge in [-0.15, -0.1) is 0 Å². The van der Waals surface area contributed by atoms with Crippen LogP contribution < -0.4 is 4.74 Å². The predicted molar refractivity (Wildman–Crippen MR) is 104 cm³/mol. The number of fused-ring (bicyclic) bond motifs is 1. The van der Waals surface area contributed by atoms with Crippen LogP contribution in [0.15, 0.2) is 48.5 Å². The minimum Gasteiger partial charge on any atom is -0.497 e. The summed E-state index contributed by atoms with van der Waals surface area (Å²) in [6.07, 6.45) is 0. The lowest BCUT2D eigenvalue weighted by molar-refractivity contribution is -0.130. The first-order chi connectivity index (χ1) is 12.5. The van der Waals surface area contributed by atoms with E-state index in [0.717, 1.165) is 33.3 Å². The van der Waals surface area contributed by atoms with Crippen LogP contribution in [0.4, 0.5) is 0 Å². The summed E-state index contributed by atoms with van der Waals surface area (Å²) in [5.74, 6) is 0.779. The Hall–Kier alpha value is -2.59. The Labute approximate surface area is 158 Å². The fraction of sp³-hybridized carbons (Fsp3) is 0.238. The van der Waals surface area contributed by atoms with Gasteiger partial charge in [-0.3, -0.25) is 4.79 Å². The number of halogens is 1. The zero-order chi connectivity index (χ0) is 18.7. The molecule has 3 rings (SSSR count). The quantitative estimate of drug-likeness (QED) is 0.610. The molecular weight excluding hydrogens is 348 g/mol. The normalized spacial score (nSPS) is 10.8. The van der Waals surface area contributed by atoms with Gasteiger partial charge in [0.25, 0.3) is 0 Å². The first-order valence-electron chi connectivity index (χ1n) is 8.40. The van der Waals surface area contributed by atoms with Crippen LogP contribution in [0.2, 0.25) is 5.15 Å². The molecule has 0 N–H and O–H groups in total. The summed E-state index contributed by atoms with van der Waals surface area (Å²) in [4.78, 5) is 18.4. The highest BCUT2D eigenvalue weighted by Crippen LogP contribution is 2.24. The van der Waals surface area contributed by atoms with Crippen LogP contribution in [0.5, 0.6) is 5.75 Å². The molecule has 1 heterocycles. The Balaban J connectivity index is 1.86. The summed E-state index contributed by atoms with van der Waals surface area (Å²) >= 11 is 6.37. The number of aryl methyl sites for hydroxylation is 1. The average molecular weight is 369 g/mol. The maximum absolute atomic E-state index is 12.1. The van der Waals surface area contributed by atoms with Crippen LogP contribution in [0, 0.1) is 6.92 Å². The van der Waals surface area contributed by atoms with Gasteiger partial charge in [0, 0.05) is 31.0 Å². The number of hydrogen-bond acceptors (Lipinski definition) is 3. The number of amides is 1. The van der Waals surface area contributed by atoms with Crippen molar-refractivity contribution in [3.8, 4) is 5.75 Å². The molecule has 0 bridgehead atoms. The number of ether oxygens (including phenoxy) is 1. The van der Waals surface area contributed by atoms with E-state index in [1.54, 1.807) is 18.9 Å². The highest BCUT2D eigenvalue weighted by Gasteiger charge is 2.14. The Bertz CT molecular complexity index is 939. The minimum atomic E-state index is -0.0128. The van der Waals surface area contributed by atoms with E-state index in [9.17, 15) is 4.79 Å². The van der Waals surface area contributed by atoms with Crippen LogP contribution in [0.25, 0.3) is 10.9 Å². The smallest absolute Gasteiger partial charge is 0.220 e. The maximum atomic E-state index is 12.1. The van der Waals surface area contributed by atoms with Crippen molar-refractivity contribution >= 4 is 28.4 Å². The van der Waals surface area contributed by atoms with Gasteiger partial charge in [0.1, 0.15) is 10.9 Å². The summed E-state index contributed by atoms with van der Waals surface area (Å²) in [5, 5.41) is 1.46. The van der Waals surface area contributed by atoms with Gasteiger partial charge in [0.05, 0.1) is 12.6 Å². The Kier molecular flexibility index (Phi) is 5.43. The molecular formula is C21H21ClN2O2. The van der Waals surface area contributed by atoms with Gasteiger partial charge in [0.2, 0.25) is 5.91 Å². The van der Waals surface area contributed by atoms with Gasteiger partial charge in [0.15, 0.2) is 0 Å². The van der Waals surface area contributed by atoms with Crippen LogP contribution in [0.1, 0.15) is 23.6 Å². The number of carbonyl (C=O) groups excluding carboxylic acids is 1. The lowest BCUT2D eigenvalue weighted by Gasteiger charge is -2.22. The summed E-state index contributed by atoms with van der Waals surface area (Å²) in [5.41, 5.74) is 3.89. The van der Waals surface area contributed by atoms with Gasteiger partial charge in [-0.25, -0.2) is 4.98 Å². The number of nitrogens with zero attached hydrogens (tertiary/aromatic N) is 2. The third-order valence-electron chi connectivity index (χ3n) is 4.34. The number of benzene rings is 2. The molecule has 0 aliphatic rings. The number of methoxy groups -OCH3 is 1. The lowest BCUT2D eigenvalue weighted by Crippen LogP contribution is -2.27. The molecule has 1 amide bonds. The van der Waals surface area contributed by atoms with Gasteiger partial charge >= 0.3 is 0 Å². The van der Waals surface area contributed by atoms with Crippen molar-refractivity contribution in [3.05, 3.63) is 70.4 Å². The first kappa shape index (κ1) is 18.2. The summed E-state index contributed by atoms with van der Waals surface area (Å²) < 4.78 is 5.18. The van der Waals surface area contributed by atoms with E-state index in [4.69, 9.17) is 16.3 Å². The van der Waals surface area contributed by atoms with E-state index in [1.807, 2.05) is 49.4 Å². The van der Waals surface area contributed by atoms with Crippen molar-refractivity contribution in [2.24, 2.45) is 0 Å². The standard InChI is InChI=1S/C21H21ClN2O2/c1-14-4-9-20-17(10-14)11-18(21(22)23-20)13-24(15(2)25)12-16-5-7-19(26-3)8-6-16/h4-11H,12-13H2,1-3H3. The van der Waals surface area contributed by atoms with Crippen LogP contribution in [-0.2, 0) is 17.9 Å². The van der Waals surface area contributed by atoms with Crippen molar-refractivity contribution in [2.75, 3.05) is 7.11 Å². The SMILES string of the molecule is COc1ccc(CN(Cc2cc3cc(C)ccc3nc2Cl)C(C)=O)cc1. The Morgan fingerprint density at radius 1 is 1.12 bits per heavy atom. The summed E-state index contributed by atoms with van der Waals surface area (Å²) in [7, 11) is 1.63. The molecule has 0 fully saturated rings. The van der Waals surface area contributed by atoms with Crippen molar-refractivity contribution < 1.29 is 9.53 Å². The third kappa shape index (κ3) is 4.14. The fourth-order valence-electron chi connectivity index (χ4n) is 2.86. The van der Waals surface area contributed by atoms with Crippen molar-refractivity contribution in [3.63, 3.8) is 0 Å². The van der Waals surface area contributed by atoms with Gasteiger partial charge < -0.3 is 9.64 Å². The molecule has 0 unspecified atom stereocenters. The van der Waals surface area contributed by atoms with E-state index in [1.165, 1.54) is 0 Å². The summed E-state index contributed by atoms with van der Waals surface area (Å²) in [6, 6.07) is 15.8. The predicted octanol–water partition coefficient (Wildman–Crippen LogP) is 4.75. The van der Waals surface area contributed by atoms with Gasteiger partial charge in [-0.2, -0.15) is 0 Å². The minimum absolute atomic E-state index is 0.0128. The molecule has 1 aromatic heterocycles. The topological polar surface area (TPSA) is 42.4 Å². The largest absolute Gasteiger partial charge is 0.497 e.